The summed E-state index contributed by atoms with van der Waals surface area (Å²) in [7, 11) is 7.32. The van der Waals surface area contributed by atoms with Gasteiger partial charge in [0.25, 0.3) is 0 Å². The minimum Gasteiger partial charge on any atom is -0.494 e. The fraction of sp³-hybridized carbons (Fsp3) is 0.240. The van der Waals surface area contributed by atoms with Gasteiger partial charge in [-0.05, 0) is 85.8 Å². The lowest BCUT2D eigenvalue weighted by Crippen LogP contribution is -2.34. The van der Waals surface area contributed by atoms with Gasteiger partial charge < -0.3 is 48.9 Å². The summed E-state index contributed by atoms with van der Waals surface area (Å²) in [6, 6.07) is 28.3. The molecule has 4 aromatic carbocycles. The number of nitrogens with one attached hydrogen (secondary N) is 1. The quantitative estimate of drug-likeness (QED) is 0.109. The molecule has 0 saturated carbocycles. The summed E-state index contributed by atoms with van der Waals surface area (Å²) < 4.78 is 26.5. The Kier molecular flexibility index (Phi) is 13.7. The number of benzene rings is 4. The number of methoxy groups -OCH3 is 2. The van der Waals surface area contributed by atoms with E-state index in [0.717, 1.165) is 51.6 Å². The average Bonchev–Trinajstić information content (AvgIpc) is 3.98. The van der Waals surface area contributed by atoms with Crippen LogP contribution in [0.1, 0.15) is 45.7 Å². The van der Waals surface area contributed by atoms with Crippen LogP contribution in [0.5, 0.6) is 23.0 Å². The van der Waals surface area contributed by atoms with Crippen LogP contribution in [0.2, 0.25) is 5.28 Å². The fourth-order valence-electron chi connectivity index (χ4n) is 7.96. The number of aromatic nitrogens is 8. The smallest absolute Gasteiger partial charge is 0.229 e. The van der Waals surface area contributed by atoms with Crippen LogP contribution in [0.15, 0.2) is 122 Å². The summed E-state index contributed by atoms with van der Waals surface area (Å²) in [5.41, 5.74) is 15.9. The van der Waals surface area contributed by atoms with Gasteiger partial charge in [0.05, 0.1) is 74.1 Å². The fourth-order valence-corrected chi connectivity index (χ4v) is 8.09. The van der Waals surface area contributed by atoms with Gasteiger partial charge in [-0.15, -0.1) is 0 Å². The monoisotopic (exact) mass is 920 g/mol. The van der Waals surface area contributed by atoms with Gasteiger partial charge in [-0.25, -0.2) is 19.9 Å². The van der Waals surface area contributed by atoms with Crippen LogP contribution in [-0.4, -0.2) is 80.6 Å². The molecule has 17 heteroatoms. The van der Waals surface area contributed by atoms with Gasteiger partial charge in [-0.3, -0.25) is 0 Å². The molecule has 4 aromatic heterocycles. The lowest BCUT2D eigenvalue weighted by Gasteiger charge is -2.35. The van der Waals surface area contributed by atoms with E-state index in [0.29, 0.717) is 36.3 Å². The van der Waals surface area contributed by atoms with Crippen LogP contribution in [0.4, 0.5) is 29.0 Å². The highest BCUT2D eigenvalue weighted by Gasteiger charge is 2.30. The van der Waals surface area contributed by atoms with Gasteiger partial charge in [-0.2, -0.15) is 9.97 Å². The molecule has 67 heavy (non-hydrogen) atoms. The van der Waals surface area contributed by atoms with Gasteiger partial charge in [0.1, 0.15) is 24.7 Å². The van der Waals surface area contributed by atoms with Crippen LogP contribution in [0, 0.1) is 27.7 Å². The van der Waals surface area contributed by atoms with E-state index in [1.165, 1.54) is 22.3 Å². The van der Waals surface area contributed by atoms with Crippen LogP contribution in [0.3, 0.4) is 0 Å². The molecule has 10 rings (SSSR count). The van der Waals surface area contributed by atoms with Gasteiger partial charge >= 0.3 is 0 Å². The van der Waals surface area contributed by atoms with Crippen molar-refractivity contribution in [1.29, 1.82) is 0 Å². The maximum absolute atomic E-state index is 6.00. The number of hydrogen-bond acceptors (Lipinski definition) is 14. The third-order valence-corrected chi connectivity index (χ3v) is 11.7. The van der Waals surface area contributed by atoms with Gasteiger partial charge in [0, 0.05) is 50.0 Å². The van der Waals surface area contributed by atoms with Crippen LogP contribution in [0.25, 0.3) is 11.4 Å². The molecule has 0 radical (unpaired) electrons. The highest BCUT2D eigenvalue weighted by Crippen LogP contribution is 2.39. The minimum atomic E-state index is 0.0828. The molecule has 8 aromatic rings. The second-order valence-corrected chi connectivity index (χ2v) is 16.4. The molecule has 0 fully saturated rings. The Morgan fingerprint density at radius 2 is 1.15 bits per heavy atom. The zero-order valence-electron chi connectivity index (χ0n) is 38.7. The number of anilines is 5. The molecule has 6 heterocycles. The lowest BCUT2D eigenvalue weighted by atomic mass is 10.00. The second kappa shape index (κ2) is 20.1. The molecule has 2 unspecified atom stereocenters. The number of halogens is 1. The Balaban J connectivity index is 0.000000151. The van der Waals surface area contributed by atoms with Crippen LogP contribution >= 0.6 is 11.6 Å². The van der Waals surface area contributed by atoms with E-state index >= 15 is 0 Å². The number of likely N-dealkylation sites (N-methyl/N-ethyl adjacent to an activating group) is 2. The maximum atomic E-state index is 6.00. The van der Waals surface area contributed by atoms with Crippen molar-refractivity contribution in [3.05, 3.63) is 161 Å². The van der Waals surface area contributed by atoms with E-state index in [9.17, 15) is 0 Å². The number of hydrogen-bond donors (Lipinski definition) is 2. The van der Waals surface area contributed by atoms with Crippen molar-refractivity contribution in [2.45, 2.75) is 39.8 Å². The molecule has 2 aliphatic rings. The lowest BCUT2D eigenvalue weighted by molar-refractivity contribution is 0.264. The molecule has 2 aliphatic heterocycles. The largest absolute Gasteiger partial charge is 0.494 e. The molecule has 344 valence electrons. The Morgan fingerprint density at radius 1 is 0.642 bits per heavy atom. The normalized spacial score (nSPS) is 14.8. The van der Waals surface area contributed by atoms with E-state index in [2.05, 4.69) is 84.2 Å². The summed E-state index contributed by atoms with van der Waals surface area (Å²) in [4.78, 5) is 30.1. The average molecular weight is 922 g/mol. The molecule has 2 atom stereocenters. The third kappa shape index (κ3) is 10.2. The SMILES string of the molecule is COc1cc(N)ccc1-n1cnc(C)c1.COc1cc(Nc2ncc3c(n2)N(C)C(c2ccccc2C)CO3)ccc1-n1cnc(C)c1.Cc1ccccc1C1COc2cnc(Cl)nc2N1C. The predicted octanol–water partition coefficient (Wildman–Crippen LogP) is 9.38. The molecule has 0 aliphatic carbocycles. The Labute approximate surface area is 395 Å². The number of imidazole rings is 2. The number of nitrogens with two attached hydrogens (primary N) is 1. The molecular formula is C50H53ClN12O4. The molecular weight excluding hydrogens is 868 g/mol. The van der Waals surface area contributed by atoms with E-state index in [4.69, 9.17) is 41.3 Å². The first kappa shape index (κ1) is 45.7. The van der Waals surface area contributed by atoms with Crippen LogP contribution < -0.4 is 39.8 Å². The van der Waals surface area contributed by atoms with E-state index in [1.807, 2.05) is 98.0 Å². The first-order valence-corrected chi connectivity index (χ1v) is 21.9. The highest BCUT2D eigenvalue weighted by atomic mass is 35.5. The standard InChI is InChI=1S/C25H26N6O2.C14H14ClN3O.C11H13N3O/c1-16-7-5-6-8-19(16)21-14-33-23-12-26-25(29-24(23)30(21)3)28-18-9-10-20(22(11-18)32-4)31-13-17(2)27-15-31;1-9-5-3-4-6-10(9)11-8-19-12-7-16-14(15)17-13(12)18(11)2;1-8-6-14(7-13-8)10-4-3-9(12)5-11(10)15-2/h5-13,15,21H,14H2,1-4H3,(H,26,28,29);3-7,11H,8H2,1-2H3;3-7H,12H2,1-2H3. The van der Waals surface area contributed by atoms with Crippen LogP contribution in [-0.2, 0) is 0 Å². The summed E-state index contributed by atoms with van der Waals surface area (Å²) >= 11 is 5.86. The van der Waals surface area contributed by atoms with Gasteiger partial charge in [-0.1, -0.05) is 48.5 Å². The minimum absolute atomic E-state index is 0.0828. The van der Waals surface area contributed by atoms with Crippen molar-refractivity contribution >= 4 is 40.6 Å². The second-order valence-electron chi connectivity index (χ2n) is 16.1. The predicted molar refractivity (Wildman–Crippen MR) is 262 cm³/mol. The first-order valence-electron chi connectivity index (χ1n) is 21.5. The summed E-state index contributed by atoms with van der Waals surface area (Å²) in [6.07, 6.45) is 10.8. The Hall–Kier alpha value is -7.85. The Morgan fingerprint density at radius 3 is 1.67 bits per heavy atom. The van der Waals surface area contributed by atoms with Crippen molar-refractivity contribution in [1.82, 2.24) is 39.0 Å². The molecule has 16 nitrogen and oxygen atoms in total. The van der Waals surface area contributed by atoms with Crippen molar-refractivity contribution < 1.29 is 18.9 Å². The summed E-state index contributed by atoms with van der Waals surface area (Å²) in [5.74, 6) is 4.79. The van der Waals surface area contributed by atoms with E-state index in [-0.39, 0.29) is 17.4 Å². The molecule has 3 N–H and O–H groups in total. The van der Waals surface area contributed by atoms with E-state index in [1.54, 1.807) is 45.3 Å². The maximum Gasteiger partial charge on any atom is 0.229 e. The van der Waals surface area contributed by atoms with E-state index < -0.39 is 0 Å². The van der Waals surface area contributed by atoms with Gasteiger partial charge in [0.15, 0.2) is 23.1 Å². The number of ether oxygens (including phenoxy) is 4. The first-order chi connectivity index (χ1) is 32.4. The number of nitrogens with zero attached hydrogens (tertiary/aromatic N) is 10. The third-order valence-electron chi connectivity index (χ3n) is 11.6. The van der Waals surface area contributed by atoms with Crippen molar-refractivity contribution in [3.63, 3.8) is 0 Å². The zero-order chi connectivity index (χ0) is 47.2. The molecule has 0 bridgehead atoms. The Bertz CT molecular complexity index is 2990. The van der Waals surface area contributed by atoms with Crippen molar-refractivity contribution in [2.75, 3.05) is 62.4 Å². The zero-order valence-corrected chi connectivity index (χ0v) is 39.4. The highest BCUT2D eigenvalue weighted by molar-refractivity contribution is 6.28. The number of rotatable bonds is 8. The molecule has 0 saturated heterocycles. The number of aryl methyl sites for hydroxylation is 4. The molecule has 0 spiro atoms. The summed E-state index contributed by atoms with van der Waals surface area (Å²) in [5, 5.41) is 3.53. The van der Waals surface area contributed by atoms with Gasteiger partial charge in [0.2, 0.25) is 11.2 Å². The topological polar surface area (TPSA) is 169 Å². The molecule has 0 amide bonds. The number of fused-ring (bicyclic) bond motifs is 2. The summed E-state index contributed by atoms with van der Waals surface area (Å²) in [6.45, 7) is 9.26. The van der Waals surface area contributed by atoms with Crippen molar-refractivity contribution in [2.24, 2.45) is 0 Å². The van der Waals surface area contributed by atoms with Crippen molar-refractivity contribution in [3.8, 4) is 34.4 Å². The number of nitrogen functional groups attached to an aromatic ring is 1.